The molecule has 2 rings (SSSR count). The van der Waals surface area contributed by atoms with E-state index in [1.165, 1.54) is 5.52 Å². The van der Waals surface area contributed by atoms with Crippen LogP contribution in [-0.2, 0) is 16.0 Å². The number of guanidine groups is 1. The Morgan fingerprint density at radius 1 is 1.03 bits per heavy atom. The SMILES string of the molecule is CCCCOCCOCCNC(=NCCCn1c(C)nc2ccccc21)NCC. The van der Waals surface area contributed by atoms with E-state index in [-0.39, 0.29) is 0 Å². The van der Waals surface area contributed by atoms with Gasteiger partial charge in [0.15, 0.2) is 5.96 Å². The molecule has 0 unspecified atom stereocenters. The van der Waals surface area contributed by atoms with Crippen molar-refractivity contribution in [2.24, 2.45) is 4.99 Å². The minimum Gasteiger partial charge on any atom is -0.379 e. The highest BCUT2D eigenvalue weighted by atomic mass is 16.5. The van der Waals surface area contributed by atoms with E-state index in [9.17, 15) is 0 Å². The Bertz CT molecular complexity index is 729. The molecule has 0 aliphatic rings. The number of para-hydroxylation sites is 2. The average Bonchev–Trinajstić information content (AvgIpc) is 3.05. The second-order valence-electron chi connectivity index (χ2n) is 6.92. The van der Waals surface area contributed by atoms with Gasteiger partial charge in [-0.05, 0) is 38.8 Å². The van der Waals surface area contributed by atoms with Crippen LogP contribution in [-0.4, -0.2) is 61.6 Å². The molecule has 7 nitrogen and oxygen atoms in total. The molecule has 2 N–H and O–H groups in total. The summed E-state index contributed by atoms with van der Waals surface area (Å²) in [6, 6.07) is 8.27. The van der Waals surface area contributed by atoms with E-state index in [2.05, 4.69) is 64.1 Å². The lowest BCUT2D eigenvalue weighted by Gasteiger charge is -2.12. The number of aryl methyl sites for hydroxylation is 2. The lowest BCUT2D eigenvalue weighted by atomic mass is 10.3. The number of benzene rings is 1. The smallest absolute Gasteiger partial charge is 0.191 e. The van der Waals surface area contributed by atoms with Crippen LogP contribution in [0.25, 0.3) is 11.0 Å². The van der Waals surface area contributed by atoms with Gasteiger partial charge in [0.05, 0.1) is 30.9 Å². The van der Waals surface area contributed by atoms with Crippen LogP contribution in [0.4, 0.5) is 0 Å². The standard InChI is InChI=1S/C22H37N5O2/c1-4-6-15-28-17-18-29-16-13-25-22(23-5-2)24-12-9-14-27-19(3)26-20-10-7-8-11-21(20)27/h7-8,10-11H,4-6,9,12-18H2,1-3H3,(H2,23,24,25). The normalized spacial score (nSPS) is 11.9. The summed E-state index contributed by atoms with van der Waals surface area (Å²) in [6.07, 6.45) is 3.24. The Balaban J connectivity index is 1.66. The largest absolute Gasteiger partial charge is 0.379 e. The van der Waals surface area contributed by atoms with Crippen molar-refractivity contribution in [3.05, 3.63) is 30.1 Å². The van der Waals surface area contributed by atoms with Crippen molar-refractivity contribution >= 4 is 17.0 Å². The molecule has 0 fully saturated rings. The fourth-order valence-corrected chi connectivity index (χ4v) is 3.05. The lowest BCUT2D eigenvalue weighted by molar-refractivity contribution is 0.0487. The van der Waals surface area contributed by atoms with Crippen molar-refractivity contribution in [1.29, 1.82) is 0 Å². The fourth-order valence-electron chi connectivity index (χ4n) is 3.05. The van der Waals surface area contributed by atoms with Crippen molar-refractivity contribution in [3.8, 4) is 0 Å². The first-order valence-corrected chi connectivity index (χ1v) is 10.9. The Morgan fingerprint density at radius 3 is 2.62 bits per heavy atom. The van der Waals surface area contributed by atoms with Crippen LogP contribution in [0.1, 0.15) is 38.9 Å². The number of fused-ring (bicyclic) bond motifs is 1. The van der Waals surface area contributed by atoms with Crippen LogP contribution in [0.5, 0.6) is 0 Å². The minimum absolute atomic E-state index is 0.636. The summed E-state index contributed by atoms with van der Waals surface area (Å²) in [5.41, 5.74) is 2.24. The zero-order valence-electron chi connectivity index (χ0n) is 18.2. The van der Waals surface area contributed by atoms with Gasteiger partial charge in [-0.3, -0.25) is 4.99 Å². The Morgan fingerprint density at radius 2 is 1.83 bits per heavy atom. The first-order valence-electron chi connectivity index (χ1n) is 10.9. The predicted molar refractivity (Wildman–Crippen MR) is 120 cm³/mol. The molecule has 0 atom stereocenters. The van der Waals surface area contributed by atoms with Crippen molar-refractivity contribution < 1.29 is 9.47 Å². The number of nitrogens with one attached hydrogen (secondary N) is 2. The van der Waals surface area contributed by atoms with E-state index >= 15 is 0 Å². The summed E-state index contributed by atoms with van der Waals surface area (Å²) in [6.45, 7) is 12.3. The number of hydrogen-bond donors (Lipinski definition) is 2. The molecular formula is C22H37N5O2. The Kier molecular flexibility index (Phi) is 11.1. The number of ether oxygens (including phenoxy) is 2. The molecule has 0 amide bonds. The Labute approximate surface area is 174 Å². The topological polar surface area (TPSA) is 72.7 Å². The molecule has 162 valence electrons. The minimum atomic E-state index is 0.636. The molecule has 0 saturated heterocycles. The molecule has 0 spiro atoms. The molecule has 1 heterocycles. The lowest BCUT2D eigenvalue weighted by Crippen LogP contribution is -2.39. The van der Waals surface area contributed by atoms with Gasteiger partial charge in [0.1, 0.15) is 5.82 Å². The first-order chi connectivity index (χ1) is 14.3. The van der Waals surface area contributed by atoms with E-state index in [0.29, 0.717) is 19.8 Å². The maximum Gasteiger partial charge on any atom is 0.191 e. The molecule has 0 radical (unpaired) electrons. The van der Waals surface area contributed by atoms with Crippen LogP contribution in [0.3, 0.4) is 0 Å². The molecule has 1 aromatic heterocycles. The molecule has 0 aliphatic carbocycles. The number of imidazole rings is 1. The Hall–Kier alpha value is -2.12. The fraction of sp³-hybridized carbons (Fsp3) is 0.636. The molecule has 2 aromatic rings. The summed E-state index contributed by atoms with van der Waals surface area (Å²) in [7, 11) is 0. The van der Waals surface area contributed by atoms with Crippen LogP contribution in [0, 0.1) is 6.92 Å². The molecule has 0 aliphatic heterocycles. The van der Waals surface area contributed by atoms with Crippen molar-refractivity contribution in [2.75, 3.05) is 46.1 Å². The number of unbranched alkanes of at least 4 members (excludes halogenated alkanes) is 1. The van der Waals surface area contributed by atoms with Gasteiger partial charge in [0.2, 0.25) is 0 Å². The highest BCUT2D eigenvalue weighted by molar-refractivity contribution is 5.79. The summed E-state index contributed by atoms with van der Waals surface area (Å²) in [4.78, 5) is 9.29. The number of rotatable bonds is 14. The number of nitrogens with zero attached hydrogens (tertiary/aromatic N) is 3. The molecule has 29 heavy (non-hydrogen) atoms. The van der Waals surface area contributed by atoms with Gasteiger partial charge < -0.3 is 24.7 Å². The molecular weight excluding hydrogens is 366 g/mol. The van der Waals surface area contributed by atoms with Crippen molar-refractivity contribution in [2.45, 2.75) is 46.6 Å². The highest BCUT2D eigenvalue weighted by Crippen LogP contribution is 2.15. The van der Waals surface area contributed by atoms with Gasteiger partial charge in [0, 0.05) is 32.8 Å². The van der Waals surface area contributed by atoms with Gasteiger partial charge in [-0.1, -0.05) is 25.5 Å². The average molecular weight is 404 g/mol. The number of aliphatic imine (C=N–C) groups is 1. The van der Waals surface area contributed by atoms with Crippen molar-refractivity contribution in [1.82, 2.24) is 20.2 Å². The van der Waals surface area contributed by atoms with E-state index in [4.69, 9.17) is 9.47 Å². The number of aromatic nitrogens is 2. The molecule has 0 bridgehead atoms. The van der Waals surface area contributed by atoms with E-state index in [1.54, 1.807) is 0 Å². The van der Waals surface area contributed by atoms with Crippen LogP contribution < -0.4 is 10.6 Å². The van der Waals surface area contributed by atoms with Crippen LogP contribution in [0.15, 0.2) is 29.3 Å². The third kappa shape index (κ3) is 8.41. The maximum absolute atomic E-state index is 5.59. The highest BCUT2D eigenvalue weighted by Gasteiger charge is 2.05. The zero-order valence-corrected chi connectivity index (χ0v) is 18.2. The van der Waals surface area contributed by atoms with E-state index in [0.717, 1.165) is 69.3 Å². The van der Waals surface area contributed by atoms with Crippen LogP contribution >= 0.6 is 0 Å². The van der Waals surface area contributed by atoms with Crippen molar-refractivity contribution in [3.63, 3.8) is 0 Å². The van der Waals surface area contributed by atoms with Gasteiger partial charge in [-0.25, -0.2) is 4.98 Å². The monoisotopic (exact) mass is 403 g/mol. The summed E-state index contributed by atoms with van der Waals surface area (Å²) in [5.74, 6) is 1.89. The van der Waals surface area contributed by atoms with Gasteiger partial charge >= 0.3 is 0 Å². The summed E-state index contributed by atoms with van der Waals surface area (Å²) in [5, 5.41) is 6.60. The predicted octanol–water partition coefficient (Wildman–Crippen LogP) is 3.12. The van der Waals surface area contributed by atoms with Gasteiger partial charge in [0.25, 0.3) is 0 Å². The molecule has 1 aromatic carbocycles. The molecule has 0 saturated carbocycles. The zero-order chi connectivity index (χ0) is 20.7. The van der Waals surface area contributed by atoms with Crippen LogP contribution in [0.2, 0.25) is 0 Å². The van der Waals surface area contributed by atoms with E-state index in [1.807, 2.05) is 6.07 Å². The summed E-state index contributed by atoms with van der Waals surface area (Å²) < 4.78 is 13.3. The maximum atomic E-state index is 5.59. The number of hydrogen-bond acceptors (Lipinski definition) is 4. The van der Waals surface area contributed by atoms with E-state index < -0.39 is 0 Å². The van der Waals surface area contributed by atoms with Gasteiger partial charge in [-0.2, -0.15) is 0 Å². The first kappa shape index (κ1) is 23.2. The second-order valence-corrected chi connectivity index (χ2v) is 6.92. The third-order valence-electron chi connectivity index (χ3n) is 4.55. The van der Waals surface area contributed by atoms with Gasteiger partial charge in [-0.15, -0.1) is 0 Å². The summed E-state index contributed by atoms with van der Waals surface area (Å²) >= 11 is 0. The third-order valence-corrected chi connectivity index (χ3v) is 4.55. The molecule has 7 heteroatoms. The quantitative estimate of drug-likeness (QED) is 0.288. The second kappa shape index (κ2) is 14.0.